The number of phosphoric acid groups is 1. The van der Waals surface area contributed by atoms with Crippen LogP contribution in [0.5, 0.6) is 0 Å². The Morgan fingerprint density at radius 3 is 0.769 bits per heavy atom. The number of allylic oxidation sites excluding steroid dienone is 16. The number of nitrogens with zero attached hydrogens (tertiary/aromatic N) is 1. The van der Waals surface area contributed by atoms with E-state index in [1.54, 1.807) is 0 Å². The lowest BCUT2D eigenvalue weighted by Crippen LogP contribution is -2.37. The second-order valence-corrected chi connectivity index (χ2v) is 33.0. The third kappa shape index (κ3) is 87.8. The zero-order chi connectivity index (χ0) is 75.4. The number of phosphoric ester groups is 1. The zero-order valence-electron chi connectivity index (χ0n) is 69.5. The van der Waals surface area contributed by atoms with Crippen LogP contribution >= 0.6 is 7.82 Å². The molecule has 0 fully saturated rings. The van der Waals surface area contributed by atoms with E-state index in [0.717, 1.165) is 83.5 Å². The molecule has 0 aliphatic carbocycles. The van der Waals surface area contributed by atoms with Crippen molar-refractivity contribution in [3.8, 4) is 0 Å². The maximum Gasteiger partial charge on any atom is 0.306 e. The third-order valence-electron chi connectivity index (χ3n) is 20.1. The first-order chi connectivity index (χ1) is 51.0. The standard InChI is InChI=1S/C94H172NO8P/c1-6-8-10-12-14-16-18-20-22-24-26-28-30-32-34-36-38-40-42-44-46-47-49-51-53-55-57-59-61-63-65-67-69-71-73-75-77-79-81-83-85-87-94(97)103-92(91-102-104(98,99)101-89-88-95(3,4)5)90-100-93(96)86-84-82-80-78-76-74-72-70-68-66-64-62-60-58-56-54-52-50-48-45-43-41-39-37-35-33-31-29-27-25-23-21-19-17-15-13-11-9-7-2/h8-11,14-17,20-23,26-29,92H,6-7,12-13,18-19,24-25,30-91H2,1-5H3/b10-8-,11-9-,16-14-,17-15-,22-20-,23-21-,28-26-,29-27-. The fourth-order valence-electron chi connectivity index (χ4n) is 13.4. The van der Waals surface area contributed by atoms with Crippen LogP contribution in [0.1, 0.15) is 438 Å². The Morgan fingerprint density at radius 2 is 0.519 bits per heavy atom. The van der Waals surface area contributed by atoms with E-state index in [1.807, 2.05) is 21.1 Å². The van der Waals surface area contributed by atoms with Crippen LogP contribution in [0.2, 0.25) is 0 Å². The lowest BCUT2D eigenvalue weighted by Gasteiger charge is -2.28. The lowest BCUT2D eigenvalue weighted by atomic mass is 10.0. The van der Waals surface area contributed by atoms with Crippen LogP contribution in [0.15, 0.2) is 97.2 Å². The summed E-state index contributed by atoms with van der Waals surface area (Å²) in [5, 5.41) is 0. The van der Waals surface area contributed by atoms with Crippen molar-refractivity contribution in [3.05, 3.63) is 97.2 Å². The Hall–Kier alpha value is -3.07. The molecule has 0 aromatic heterocycles. The molecule has 0 saturated carbocycles. The number of likely N-dealkylation sites (N-methyl/N-ethyl adjacent to an activating group) is 1. The molecular weight excluding hydrogens is 1300 g/mol. The molecule has 0 saturated heterocycles. The Kier molecular flexibility index (Phi) is 81.5. The molecule has 0 spiro atoms. The van der Waals surface area contributed by atoms with E-state index in [4.69, 9.17) is 18.5 Å². The fourth-order valence-corrected chi connectivity index (χ4v) is 14.1. The number of ether oxygens (including phenoxy) is 2. The molecule has 0 N–H and O–H groups in total. The summed E-state index contributed by atoms with van der Waals surface area (Å²) in [5.41, 5.74) is 0. The number of carbonyl (C=O) groups is 2. The van der Waals surface area contributed by atoms with Gasteiger partial charge in [0, 0.05) is 12.8 Å². The van der Waals surface area contributed by atoms with Crippen LogP contribution in [-0.4, -0.2) is 70.0 Å². The molecule has 104 heavy (non-hydrogen) atoms. The summed E-state index contributed by atoms with van der Waals surface area (Å²) >= 11 is 0. The normalized spacial score (nSPS) is 13.4. The van der Waals surface area contributed by atoms with Gasteiger partial charge >= 0.3 is 11.9 Å². The molecule has 0 aromatic carbocycles. The van der Waals surface area contributed by atoms with Crippen molar-refractivity contribution < 1.29 is 42.1 Å². The average Bonchev–Trinajstić information content (AvgIpc) is 0.920. The van der Waals surface area contributed by atoms with E-state index in [9.17, 15) is 19.0 Å². The first kappa shape index (κ1) is 101. The molecule has 0 rings (SSSR count). The van der Waals surface area contributed by atoms with E-state index >= 15 is 0 Å². The van der Waals surface area contributed by atoms with Gasteiger partial charge in [-0.3, -0.25) is 14.2 Å². The maximum atomic E-state index is 12.9. The molecule has 0 aliphatic rings. The molecule has 0 aromatic rings. The van der Waals surface area contributed by atoms with Crippen LogP contribution in [0, 0.1) is 0 Å². The summed E-state index contributed by atoms with van der Waals surface area (Å²) in [5.74, 6) is -0.808. The van der Waals surface area contributed by atoms with E-state index in [0.29, 0.717) is 17.4 Å². The predicted molar refractivity (Wildman–Crippen MR) is 452 cm³/mol. The summed E-state index contributed by atoms with van der Waals surface area (Å²) in [7, 11) is 1.19. The van der Waals surface area contributed by atoms with Crippen LogP contribution < -0.4 is 4.89 Å². The zero-order valence-corrected chi connectivity index (χ0v) is 70.4. The van der Waals surface area contributed by atoms with Crippen LogP contribution in [0.4, 0.5) is 0 Å². The first-order valence-electron chi connectivity index (χ1n) is 44.9. The van der Waals surface area contributed by atoms with Crippen molar-refractivity contribution >= 4 is 19.8 Å². The Labute approximate surface area is 646 Å². The highest BCUT2D eigenvalue weighted by Gasteiger charge is 2.22. The molecular formula is C94H172NO8P. The van der Waals surface area contributed by atoms with Gasteiger partial charge in [-0.05, 0) is 89.9 Å². The van der Waals surface area contributed by atoms with Gasteiger partial charge in [-0.2, -0.15) is 0 Å². The molecule has 0 amide bonds. The molecule has 2 unspecified atom stereocenters. The van der Waals surface area contributed by atoms with Gasteiger partial charge in [0.25, 0.3) is 7.82 Å². The fraction of sp³-hybridized carbons (Fsp3) is 0.809. The average molecular weight is 1480 g/mol. The van der Waals surface area contributed by atoms with Gasteiger partial charge in [0.1, 0.15) is 19.8 Å². The van der Waals surface area contributed by atoms with Crippen LogP contribution in [0.3, 0.4) is 0 Å². The highest BCUT2D eigenvalue weighted by Crippen LogP contribution is 2.38. The Bertz CT molecular complexity index is 2080. The molecule has 0 bridgehead atoms. The van der Waals surface area contributed by atoms with Gasteiger partial charge in [0.05, 0.1) is 27.7 Å². The number of hydrogen-bond acceptors (Lipinski definition) is 8. The number of rotatable bonds is 84. The number of unbranched alkanes of at least 4 members (excludes halogenated alkanes) is 54. The summed E-state index contributed by atoms with van der Waals surface area (Å²) in [6.45, 7) is 4.09. The van der Waals surface area contributed by atoms with E-state index < -0.39 is 26.5 Å². The van der Waals surface area contributed by atoms with E-state index in [2.05, 4.69) is 111 Å². The Balaban J connectivity index is 3.84. The van der Waals surface area contributed by atoms with Crippen LogP contribution in [-0.2, 0) is 32.7 Å². The third-order valence-corrected chi connectivity index (χ3v) is 21.1. The second kappa shape index (κ2) is 84.0. The number of esters is 2. The van der Waals surface area contributed by atoms with Gasteiger partial charge in [0.2, 0.25) is 0 Å². The molecule has 606 valence electrons. The minimum Gasteiger partial charge on any atom is -0.756 e. The van der Waals surface area contributed by atoms with Crippen molar-refractivity contribution in [3.63, 3.8) is 0 Å². The van der Waals surface area contributed by atoms with Crippen LogP contribution in [0.25, 0.3) is 0 Å². The Morgan fingerprint density at radius 1 is 0.298 bits per heavy atom. The topological polar surface area (TPSA) is 111 Å². The first-order valence-corrected chi connectivity index (χ1v) is 46.4. The highest BCUT2D eigenvalue weighted by molar-refractivity contribution is 7.45. The van der Waals surface area contributed by atoms with Crippen molar-refractivity contribution in [1.82, 2.24) is 0 Å². The summed E-state index contributed by atoms with van der Waals surface area (Å²) in [4.78, 5) is 38.3. The molecule has 0 aliphatic heterocycles. The van der Waals surface area contributed by atoms with Gasteiger partial charge in [-0.1, -0.05) is 432 Å². The summed E-state index contributed by atoms with van der Waals surface area (Å²) in [6, 6.07) is 0. The van der Waals surface area contributed by atoms with Crippen molar-refractivity contribution in [1.29, 1.82) is 0 Å². The summed E-state index contributed by atoms with van der Waals surface area (Å²) < 4.78 is 34.5. The van der Waals surface area contributed by atoms with Crippen molar-refractivity contribution in [2.45, 2.75) is 444 Å². The van der Waals surface area contributed by atoms with Crippen molar-refractivity contribution in [2.24, 2.45) is 0 Å². The number of hydrogen-bond donors (Lipinski definition) is 0. The quantitative estimate of drug-likeness (QED) is 0.0195. The number of carbonyl (C=O) groups excluding carboxylic acids is 2. The van der Waals surface area contributed by atoms with E-state index in [-0.39, 0.29) is 32.0 Å². The smallest absolute Gasteiger partial charge is 0.306 e. The molecule has 0 radical (unpaired) electrons. The largest absolute Gasteiger partial charge is 0.756 e. The second-order valence-electron chi connectivity index (χ2n) is 31.6. The minimum absolute atomic E-state index is 0.0288. The van der Waals surface area contributed by atoms with Crippen molar-refractivity contribution in [2.75, 3.05) is 47.5 Å². The molecule has 2 atom stereocenters. The highest BCUT2D eigenvalue weighted by atomic mass is 31.2. The molecule has 9 nitrogen and oxygen atoms in total. The predicted octanol–water partition coefficient (Wildman–Crippen LogP) is 29.9. The SMILES string of the molecule is CC/C=C\C/C=C\C/C=C\C/C=C\CCCCCCCCCCCCCCCCCCCCCCCCCCCCCCC(=O)OC(COC(=O)CCCCCCCCCCCCCCCCCCCCCCCCCCCC/C=C\C/C=C\C/C=C\C/C=C\CC)COP(=O)([O-])OCC[N+](C)(C)C. The lowest BCUT2D eigenvalue weighted by molar-refractivity contribution is -0.870. The van der Waals surface area contributed by atoms with Gasteiger partial charge in [-0.25, -0.2) is 0 Å². The maximum absolute atomic E-state index is 12.9. The number of quaternary nitrogens is 1. The summed E-state index contributed by atoms with van der Waals surface area (Å²) in [6.07, 6.45) is 119. The monoisotopic (exact) mass is 1470 g/mol. The van der Waals surface area contributed by atoms with Gasteiger partial charge in [0.15, 0.2) is 6.10 Å². The molecule has 10 heteroatoms. The van der Waals surface area contributed by atoms with Gasteiger partial charge < -0.3 is 27.9 Å². The van der Waals surface area contributed by atoms with E-state index in [1.165, 1.54) is 321 Å². The molecule has 0 heterocycles. The van der Waals surface area contributed by atoms with Gasteiger partial charge in [-0.15, -0.1) is 0 Å². The minimum atomic E-state index is -4.65.